The third kappa shape index (κ3) is 9.63. The third-order valence-electron chi connectivity index (χ3n) is 12.2. The SMILES string of the molecule is CCC1OC(=O)[C@H](C)[C@@H](O[C@H]2C[C@@](C)(OC)[C@@H](O)[C@H](C)O2)[C@H](C)[C@@H](O[C@@H]2O[C@H](C)C[C@H](N(C)C)[C@H]2O)[C@@](C)(O)C[C@@H](C)[C@H](N)[C@@H](C)[C@@H](O)[C@]1(C)O. The maximum Gasteiger partial charge on any atom is 0.311 e. The number of hydrogen-bond acceptors (Lipinski definition) is 14. The maximum absolute atomic E-state index is 14.1. The van der Waals surface area contributed by atoms with Crippen LogP contribution in [-0.2, 0) is 33.2 Å². The van der Waals surface area contributed by atoms with Crippen LogP contribution in [0.4, 0.5) is 0 Å². The highest BCUT2D eigenvalue weighted by Gasteiger charge is 2.53. The molecule has 0 aromatic rings. The van der Waals surface area contributed by atoms with E-state index in [0.717, 1.165) is 0 Å². The lowest BCUT2D eigenvalue weighted by atomic mass is 9.72. The smallest absolute Gasteiger partial charge is 0.311 e. The van der Waals surface area contributed by atoms with Gasteiger partial charge in [-0.25, -0.2) is 0 Å². The van der Waals surface area contributed by atoms with Crippen LogP contribution in [0, 0.1) is 23.7 Å². The van der Waals surface area contributed by atoms with Gasteiger partial charge in [-0.15, -0.1) is 0 Å². The highest BCUT2D eigenvalue weighted by Crippen LogP contribution is 2.41. The molecule has 51 heavy (non-hydrogen) atoms. The number of esters is 1. The Hall–Kier alpha value is -1.01. The molecule has 0 saturated carbocycles. The number of carbonyl (C=O) groups excluding carboxylic acids is 1. The molecule has 0 radical (unpaired) electrons. The summed E-state index contributed by atoms with van der Waals surface area (Å²) in [5.41, 5.74) is 2.20. The Kier molecular flexibility index (Phi) is 15.0. The van der Waals surface area contributed by atoms with E-state index in [1.807, 2.05) is 32.8 Å². The van der Waals surface area contributed by atoms with Crippen molar-refractivity contribution >= 4 is 5.97 Å². The molecular formula is C37H70N2O12. The van der Waals surface area contributed by atoms with Crippen LogP contribution >= 0.6 is 0 Å². The predicted molar refractivity (Wildman–Crippen MR) is 189 cm³/mol. The number of cyclic esters (lactones) is 1. The van der Waals surface area contributed by atoms with E-state index >= 15 is 0 Å². The average Bonchev–Trinajstić information content (AvgIpc) is 3.05. The van der Waals surface area contributed by atoms with E-state index < -0.39 is 108 Å². The highest BCUT2D eigenvalue weighted by molar-refractivity contribution is 5.73. The lowest BCUT2D eigenvalue weighted by Gasteiger charge is -2.49. The van der Waals surface area contributed by atoms with Gasteiger partial charge in [0.1, 0.15) is 23.9 Å². The summed E-state index contributed by atoms with van der Waals surface area (Å²) in [6.45, 7) is 17.2. The number of methoxy groups -OCH3 is 1. The second-order valence-electron chi connectivity index (χ2n) is 16.8. The van der Waals surface area contributed by atoms with Crippen LogP contribution in [0.5, 0.6) is 0 Å². The monoisotopic (exact) mass is 734 g/mol. The normalized spacial score (nSPS) is 51.2. The summed E-state index contributed by atoms with van der Waals surface area (Å²) in [4.78, 5) is 16.0. The van der Waals surface area contributed by atoms with E-state index in [1.54, 1.807) is 48.5 Å². The number of nitrogens with zero attached hydrogens (tertiary/aromatic N) is 1. The quantitative estimate of drug-likeness (QED) is 0.206. The van der Waals surface area contributed by atoms with Gasteiger partial charge in [0, 0.05) is 37.5 Å². The molecule has 1 unspecified atom stereocenters. The zero-order valence-corrected chi connectivity index (χ0v) is 33.2. The van der Waals surface area contributed by atoms with Crippen LogP contribution in [0.1, 0.15) is 94.9 Å². The number of carbonyl (C=O) groups is 1. The van der Waals surface area contributed by atoms with Crippen LogP contribution < -0.4 is 5.73 Å². The molecule has 3 aliphatic rings. The molecule has 19 atom stereocenters. The summed E-state index contributed by atoms with van der Waals surface area (Å²) in [6, 6.07) is -0.983. The number of rotatable bonds is 7. The minimum Gasteiger partial charge on any atom is -0.459 e. The van der Waals surface area contributed by atoms with Crippen molar-refractivity contribution in [1.29, 1.82) is 0 Å². The lowest BCUT2D eigenvalue weighted by molar-refractivity contribution is -0.318. The number of aliphatic hydroxyl groups is 5. The molecule has 0 amide bonds. The average molecular weight is 735 g/mol. The molecule has 300 valence electrons. The van der Waals surface area contributed by atoms with Crippen molar-refractivity contribution in [2.24, 2.45) is 29.4 Å². The van der Waals surface area contributed by atoms with Crippen molar-refractivity contribution in [2.75, 3.05) is 21.2 Å². The molecule has 0 aromatic carbocycles. The van der Waals surface area contributed by atoms with Crippen LogP contribution in [0.2, 0.25) is 0 Å². The molecule has 7 N–H and O–H groups in total. The Morgan fingerprint density at radius 1 is 0.922 bits per heavy atom. The Labute approximate surface area is 305 Å². The van der Waals surface area contributed by atoms with Crippen LogP contribution in [0.25, 0.3) is 0 Å². The molecule has 3 rings (SSSR count). The fourth-order valence-corrected chi connectivity index (χ4v) is 8.63. The van der Waals surface area contributed by atoms with Crippen LogP contribution in [0.15, 0.2) is 0 Å². The molecule has 0 bridgehead atoms. The van der Waals surface area contributed by atoms with E-state index in [4.69, 9.17) is 34.2 Å². The number of ether oxygens (including phenoxy) is 6. The second-order valence-corrected chi connectivity index (χ2v) is 16.8. The van der Waals surface area contributed by atoms with Gasteiger partial charge >= 0.3 is 5.97 Å². The Bertz CT molecular complexity index is 1130. The van der Waals surface area contributed by atoms with E-state index in [1.165, 1.54) is 14.0 Å². The Balaban J connectivity index is 2.18. The minimum absolute atomic E-state index is 0.0888. The summed E-state index contributed by atoms with van der Waals surface area (Å²) >= 11 is 0. The molecule has 3 fully saturated rings. The van der Waals surface area contributed by atoms with Crippen molar-refractivity contribution in [3.8, 4) is 0 Å². The van der Waals surface area contributed by atoms with Crippen molar-refractivity contribution in [3.63, 3.8) is 0 Å². The van der Waals surface area contributed by atoms with E-state index in [-0.39, 0.29) is 31.4 Å². The van der Waals surface area contributed by atoms with E-state index in [0.29, 0.717) is 6.42 Å². The highest BCUT2D eigenvalue weighted by atomic mass is 16.7. The van der Waals surface area contributed by atoms with Crippen molar-refractivity contribution in [1.82, 2.24) is 4.90 Å². The first-order chi connectivity index (χ1) is 23.4. The molecule has 0 aromatic heterocycles. The summed E-state index contributed by atoms with van der Waals surface area (Å²) in [7, 11) is 5.24. The minimum atomic E-state index is -1.85. The van der Waals surface area contributed by atoms with Gasteiger partial charge in [0.25, 0.3) is 0 Å². The number of nitrogens with two attached hydrogens (primary N) is 1. The standard InChI is InChI=1S/C37H70N2O12/c1-14-25-37(10,45)30(41)20(4)27(38)18(2)16-35(8,44)32(51-34-28(40)24(39(11)12)15-19(3)47-34)21(5)29(22(6)33(43)49-25)50-26-17-36(9,46-13)31(42)23(7)48-26/h18-32,34,40-42,44-45H,14-17,38H2,1-13H3/t18-,19-,20-,21+,22-,23+,24+,25?,26+,27+,28-,29+,30-,31+,32-,34+,35+,36-,37-/m1/s1. The van der Waals surface area contributed by atoms with E-state index in [9.17, 15) is 30.3 Å². The maximum atomic E-state index is 14.1. The summed E-state index contributed by atoms with van der Waals surface area (Å²) in [6.07, 6.45) is -8.68. The number of aliphatic hydroxyl groups excluding tert-OH is 3. The van der Waals surface area contributed by atoms with Gasteiger partial charge in [-0.3, -0.25) is 4.79 Å². The molecular weight excluding hydrogens is 664 g/mol. The van der Waals surface area contributed by atoms with Gasteiger partial charge in [0.05, 0.1) is 47.6 Å². The van der Waals surface area contributed by atoms with Gasteiger partial charge in [0.15, 0.2) is 12.6 Å². The van der Waals surface area contributed by atoms with Gasteiger partial charge in [0.2, 0.25) is 0 Å². The second kappa shape index (κ2) is 17.2. The van der Waals surface area contributed by atoms with E-state index in [2.05, 4.69) is 0 Å². The van der Waals surface area contributed by atoms with Crippen molar-refractivity contribution in [2.45, 2.75) is 185 Å². The first-order valence-corrected chi connectivity index (χ1v) is 18.7. The molecule has 3 saturated heterocycles. The zero-order chi connectivity index (χ0) is 39.0. The van der Waals surface area contributed by atoms with Crippen molar-refractivity contribution < 1.29 is 58.7 Å². The zero-order valence-electron chi connectivity index (χ0n) is 33.2. The summed E-state index contributed by atoms with van der Waals surface area (Å²) in [5, 5.41) is 58.0. The molecule has 3 aliphatic heterocycles. The largest absolute Gasteiger partial charge is 0.459 e. The molecule has 3 heterocycles. The number of likely N-dealkylation sites (N-methyl/N-ethyl adjacent to an activating group) is 1. The van der Waals surface area contributed by atoms with Gasteiger partial charge in [-0.1, -0.05) is 27.7 Å². The molecule has 14 nitrogen and oxygen atoms in total. The van der Waals surface area contributed by atoms with Gasteiger partial charge in [-0.05, 0) is 80.8 Å². The molecule has 14 heteroatoms. The first-order valence-electron chi connectivity index (χ1n) is 18.7. The predicted octanol–water partition coefficient (Wildman–Crippen LogP) is 1.54. The number of hydrogen-bond donors (Lipinski definition) is 6. The van der Waals surface area contributed by atoms with Gasteiger partial charge in [-0.2, -0.15) is 0 Å². The fraction of sp³-hybridized carbons (Fsp3) is 0.973. The Morgan fingerprint density at radius 3 is 2.08 bits per heavy atom. The fourth-order valence-electron chi connectivity index (χ4n) is 8.63. The van der Waals surface area contributed by atoms with Crippen molar-refractivity contribution in [3.05, 3.63) is 0 Å². The molecule has 0 aliphatic carbocycles. The first kappa shape index (κ1) is 44.4. The van der Waals surface area contributed by atoms with Crippen LogP contribution in [-0.4, -0.2) is 148 Å². The van der Waals surface area contributed by atoms with Crippen LogP contribution in [0.3, 0.4) is 0 Å². The Morgan fingerprint density at radius 2 is 1.53 bits per heavy atom. The summed E-state index contributed by atoms with van der Waals surface area (Å²) in [5.74, 6) is -3.57. The van der Waals surface area contributed by atoms with Gasteiger partial charge < -0.3 is 64.6 Å². The topological polar surface area (TPSA) is 203 Å². The summed E-state index contributed by atoms with van der Waals surface area (Å²) < 4.78 is 37.3. The lowest BCUT2D eigenvalue weighted by Crippen LogP contribution is -2.62. The molecule has 0 spiro atoms. The third-order valence-corrected chi connectivity index (χ3v) is 12.2.